The molecule has 2 aromatic carbocycles. The van der Waals surface area contributed by atoms with Crippen molar-refractivity contribution in [2.45, 2.75) is 20.0 Å². The zero-order chi connectivity index (χ0) is 22.5. The molecule has 2 aromatic rings. The highest BCUT2D eigenvalue weighted by Gasteiger charge is 2.32. The van der Waals surface area contributed by atoms with Crippen molar-refractivity contribution in [1.82, 2.24) is 10.2 Å². The highest BCUT2D eigenvalue weighted by atomic mass is 79.9. The summed E-state index contributed by atoms with van der Waals surface area (Å²) in [5, 5.41) is 13.5. The zero-order valence-corrected chi connectivity index (χ0v) is 18.5. The summed E-state index contributed by atoms with van der Waals surface area (Å²) in [7, 11) is 1.48. The van der Waals surface area contributed by atoms with Crippen LogP contribution in [0.5, 0.6) is 11.5 Å². The molecule has 1 heterocycles. The van der Waals surface area contributed by atoms with E-state index in [1.165, 1.54) is 19.2 Å². The van der Waals surface area contributed by atoms with Crippen LogP contribution >= 0.6 is 15.9 Å². The van der Waals surface area contributed by atoms with Crippen LogP contribution in [-0.4, -0.2) is 35.4 Å². The third kappa shape index (κ3) is 5.02. The van der Waals surface area contributed by atoms with Crippen LogP contribution in [0.4, 0.5) is 10.5 Å². The maximum absolute atomic E-state index is 12.4. The van der Waals surface area contributed by atoms with Crippen LogP contribution in [0.2, 0.25) is 0 Å². The Bertz CT molecular complexity index is 1070. The van der Waals surface area contributed by atoms with Gasteiger partial charge in [0, 0.05) is 23.2 Å². The molecule has 31 heavy (non-hydrogen) atoms. The second-order valence-corrected chi connectivity index (χ2v) is 7.54. The molecule has 3 amide bonds. The molecular formula is C21H20BrN3O6. The lowest BCUT2D eigenvalue weighted by Crippen LogP contribution is -2.31. The van der Waals surface area contributed by atoms with Crippen molar-refractivity contribution < 1.29 is 24.0 Å². The Labute approximate surface area is 186 Å². The molecule has 9 nitrogen and oxygen atoms in total. The fraction of sp³-hybridized carbons (Fsp3) is 0.238. The number of benzene rings is 2. The van der Waals surface area contributed by atoms with E-state index in [0.717, 1.165) is 4.90 Å². The molecule has 10 heteroatoms. The Hall–Kier alpha value is -3.40. The Morgan fingerprint density at radius 2 is 2.00 bits per heavy atom. The van der Waals surface area contributed by atoms with Gasteiger partial charge < -0.3 is 14.8 Å². The molecule has 1 fully saturated rings. The molecule has 0 radical (unpaired) electrons. The first-order chi connectivity index (χ1) is 14.8. The number of methoxy groups -OCH3 is 1. The molecule has 0 unspecified atom stereocenters. The van der Waals surface area contributed by atoms with E-state index in [1.807, 2.05) is 6.92 Å². The van der Waals surface area contributed by atoms with E-state index in [9.17, 15) is 19.7 Å². The molecule has 1 saturated heterocycles. The van der Waals surface area contributed by atoms with Gasteiger partial charge in [0.15, 0.2) is 11.5 Å². The van der Waals surface area contributed by atoms with Crippen LogP contribution in [0, 0.1) is 10.1 Å². The van der Waals surface area contributed by atoms with Gasteiger partial charge in [-0.1, -0.05) is 35.0 Å². The van der Waals surface area contributed by atoms with Crippen LogP contribution in [0.25, 0.3) is 6.08 Å². The summed E-state index contributed by atoms with van der Waals surface area (Å²) in [5.41, 5.74) is 1.40. The number of halogens is 1. The lowest BCUT2D eigenvalue weighted by Gasteiger charge is -2.13. The van der Waals surface area contributed by atoms with Crippen LogP contribution in [0.1, 0.15) is 24.5 Å². The fourth-order valence-electron chi connectivity index (χ4n) is 3.01. The van der Waals surface area contributed by atoms with Crippen LogP contribution in [-0.2, 0) is 11.4 Å². The maximum Gasteiger partial charge on any atom is 0.329 e. The number of imide groups is 1. The average molecular weight is 490 g/mol. The molecule has 0 atom stereocenters. The van der Waals surface area contributed by atoms with E-state index < -0.39 is 11.0 Å². The Balaban J connectivity index is 1.82. The standard InChI is InChI=1S/C21H20BrN3O6/c1-3-7-24-20(26)17(23-21(24)27)9-14-10-18(30-2)19(11-16(14)22)31-12-13-5-4-6-15(8-13)25(28)29/h4-6,8-11H,3,7,12H2,1-2H3,(H,23,27)/b17-9+. The van der Waals surface area contributed by atoms with Crippen molar-refractivity contribution in [3.8, 4) is 11.5 Å². The molecule has 0 saturated carbocycles. The quantitative estimate of drug-likeness (QED) is 0.256. The van der Waals surface area contributed by atoms with Crippen LogP contribution in [0.15, 0.2) is 46.6 Å². The van der Waals surface area contributed by atoms with E-state index in [2.05, 4.69) is 21.2 Å². The summed E-state index contributed by atoms with van der Waals surface area (Å²) in [5.74, 6) is 0.434. The second kappa shape index (κ2) is 9.61. The molecule has 0 aliphatic carbocycles. The molecule has 3 rings (SSSR count). The average Bonchev–Trinajstić information content (AvgIpc) is 3.01. The van der Waals surface area contributed by atoms with E-state index >= 15 is 0 Å². The van der Waals surface area contributed by atoms with Gasteiger partial charge in [0.25, 0.3) is 11.6 Å². The van der Waals surface area contributed by atoms with Gasteiger partial charge in [0.1, 0.15) is 12.3 Å². The molecular weight excluding hydrogens is 470 g/mol. The van der Waals surface area contributed by atoms with Crippen molar-refractivity contribution in [3.63, 3.8) is 0 Å². The van der Waals surface area contributed by atoms with Crippen molar-refractivity contribution in [2.24, 2.45) is 0 Å². The Morgan fingerprint density at radius 1 is 1.23 bits per heavy atom. The van der Waals surface area contributed by atoms with Crippen LogP contribution < -0.4 is 14.8 Å². The lowest BCUT2D eigenvalue weighted by molar-refractivity contribution is -0.384. The second-order valence-electron chi connectivity index (χ2n) is 6.69. The first kappa shape index (κ1) is 22.3. The molecule has 1 aliphatic rings. The topological polar surface area (TPSA) is 111 Å². The lowest BCUT2D eigenvalue weighted by atomic mass is 10.1. The van der Waals surface area contributed by atoms with Gasteiger partial charge in [0.2, 0.25) is 0 Å². The minimum absolute atomic E-state index is 0.0170. The molecule has 0 bridgehead atoms. The van der Waals surface area contributed by atoms with Gasteiger partial charge in [-0.3, -0.25) is 19.8 Å². The minimum Gasteiger partial charge on any atom is -0.493 e. The number of hydrogen-bond acceptors (Lipinski definition) is 6. The predicted octanol–water partition coefficient (Wildman–Crippen LogP) is 4.25. The zero-order valence-electron chi connectivity index (χ0n) is 16.9. The maximum atomic E-state index is 12.4. The molecule has 162 valence electrons. The minimum atomic E-state index is -0.465. The van der Waals surface area contributed by atoms with E-state index in [-0.39, 0.29) is 23.9 Å². The summed E-state index contributed by atoms with van der Waals surface area (Å²) in [4.78, 5) is 36.0. The summed E-state index contributed by atoms with van der Waals surface area (Å²) < 4.78 is 11.8. The van der Waals surface area contributed by atoms with Crippen molar-refractivity contribution in [2.75, 3.05) is 13.7 Å². The Morgan fingerprint density at radius 3 is 2.68 bits per heavy atom. The summed E-state index contributed by atoms with van der Waals surface area (Å²) in [6, 6.07) is 9.07. The van der Waals surface area contributed by atoms with Gasteiger partial charge in [-0.15, -0.1) is 0 Å². The number of ether oxygens (including phenoxy) is 2. The third-order valence-electron chi connectivity index (χ3n) is 4.51. The predicted molar refractivity (Wildman–Crippen MR) is 117 cm³/mol. The number of nitro benzene ring substituents is 1. The monoisotopic (exact) mass is 489 g/mol. The third-order valence-corrected chi connectivity index (χ3v) is 5.19. The fourth-order valence-corrected chi connectivity index (χ4v) is 3.45. The van der Waals surface area contributed by atoms with Gasteiger partial charge in [-0.05, 0) is 35.8 Å². The number of nitrogens with one attached hydrogen (secondary N) is 1. The van der Waals surface area contributed by atoms with Crippen molar-refractivity contribution >= 4 is 39.6 Å². The number of urea groups is 1. The van der Waals surface area contributed by atoms with Crippen molar-refractivity contribution in [3.05, 3.63) is 67.8 Å². The van der Waals surface area contributed by atoms with Gasteiger partial charge in [-0.2, -0.15) is 0 Å². The number of hydrogen-bond donors (Lipinski definition) is 1. The van der Waals surface area contributed by atoms with Gasteiger partial charge >= 0.3 is 6.03 Å². The molecule has 1 aliphatic heterocycles. The summed E-state index contributed by atoms with van der Waals surface area (Å²) in [6.45, 7) is 2.33. The Kier molecular flexibility index (Phi) is 6.91. The SMILES string of the molecule is CCCN1C(=O)N/C(=C/c2cc(OC)c(OCc3cccc([N+](=O)[O-])c3)cc2Br)C1=O. The van der Waals surface area contributed by atoms with Crippen LogP contribution in [0.3, 0.4) is 0 Å². The number of carbonyl (C=O) groups is 2. The number of amides is 3. The normalized spacial score (nSPS) is 14.7. The summed E-state index contributed by atoms with van der Waals surface area (Å²) in [6.07, 6.45) is 2.23. The number of rotatable bonds is 8. The first-order valence-electron chi connectivity index (χ1n) is 9.42. The van der Waals surface area contributed by atoms with E-state index in [0.29, 0.717) is 40.1 Å². The highest BCUT2D eigenvalue weighted by molar-refractivity contribution is 9.10. The number of nitrogens with zero attached hydrogens (tertiary/aromatic N) is 2. The summed E-state index contributed by atoms with van der Waals surface area (Å²) >= 11 is 3.45. The highest BCUT2D eigenvalue weighted by Crippen LogP contribution is 2.35. The smallest absolute Gasteiger partial charge is 0.329 e. The largest absolute Gasteiger partial charge is 0.493 e. The molecule has 0 spiro atoms. The molecule has 0 aromatic heterocycles. The van der Waals surface area contributed by atoms with E-state index in [4.69, 9.17) is 9.47 Å². The number of carbonyl (C=O) groups excluding carboxylic acids is 2. The van der Waals surface area contributed by atoms with E-state index in [1.54, 1.807) is 30.3 Å². The van der Waals surface area contributed by atoms with Gasteiger partial charge in [0.05, 0.1) is 12.0 Å². The van der Waals surface area contributed by atoms with Crippen molar-refractivity contribution in [1.29, 1.82) is 0 Å². The molecule has 1 N–H and O–H groups in total. The number of non-ortho nitro benzene ring substituents is 1. The number of nitro groups is 1. The first-order valence-corrected chi connectivity index (χ1v) is 10.2. The van der Waals surface area contributed by atoms with Gasteiger partial charge in [-0.25, -0.2) is 4.79 Å².